The Labute approximate surface area is 107 Å². The first-order chi connectivity index (χ1) is 8.95. The van der Waals surface area contributed by atoms with Gasteiger partial charge < -0.3 is 9.84 Å². The zero-order chi connectivity index (χ0) is 14.2. The van der Waals surface area contributed by atoms with E-state index < -0.39 is 23.8 Å². The van der Waals surface area contributed by atoms with Crippen molar-refractivity contribution in [3.8, 4) is 5.75 Å². The summed E-state index contributed by atoms with van der Waals surface area (Å²) in [7, 11) is 2.94. The summed E-state index contributed by atoms with van der Waals surface area (Å²) in [5, 5.41) is 8.99. The highest BCUT2D eigenvalue weighted by molar-refractivity contribution is 5.80. The summed E-state index contributed by atoms with van der Waals surface area (Å²) in [5.74, 6) is -0.786. The third-order valence-corrected chi connectivity index (χ3v) is 2.85. The molecule has 0 saturated carbocycles. The van der Waals surface area contributed by atoms with Gasteiger partial charge in [0.15, 0.2) is 0 Å². The van der Waals surface area contributed by atoms with E-state index in [1.54, 1.807) is 12.1 Å². The molecule has 7 heteroatoms. The molecule has 0 atom stereocenters. The Morgan fingerprint density at radius 1 is 1.37 bits per heavy atom. The molecule has 1 N–H and O–H groups in total. The number of hydrogen-bond acceptors (Lipinski definition) is 4. The summed E-state index contributed by atoms with van der Waals surface area (Å²) in [6, 6.07) is 4.69. The molecule has 0 fully saturated rings. The quantitative estimate of drug-likeness (QED) is 0.828. The van der Waals surface area contributed by atoms with Crippen molar-refractivity contribution in [2.45, 2.75) is 6.54 Å². The van der Waals surface area contributed by atoms with E-state index in [0.29, 0.717) is 15.8 Å². The number of rotatable bonds is 3. The fourth-order valence-corrected chi connectivity index (χ4v) is 1.90. The van der Waals surface area contributed by atoms with E-state index in [1.807, 2.05) is 0 Å². The van der Waals surface area contributed by atoms with Crippen LogP contribution in [-0.2, 0) is 18.4 Å². The second kappa shape index (κ2) is 4.60. The van der Waals surface area contributed by atoms with Gasteiger partial charge >= 0.3 is 11.7 Å². The van der Waals surface area contributed by atoms with Crippen LogP contribution in [0, 0.1) is 0 Å². The number of aryl methyl sites for hydroxylation is 1. The van der Waals surface area contributed by atoms with Crippen LogP contribution in [0.15, 0.2) is 27.8 Å². The van der Waals surface area contributed by atoms with Crippen molar-refractivity contribution >= 4 is 16.9 Å². The van der Waals surface area contributed by atoms with E-state index in [1.165, 1.54) is 24.8 Å². The zero-order valence-corrected chi connectivity index (χ0v) is 10.4. The van der Waals surface area contributed by atoms with Crippen LogP contribution >= 0.6 is 0 Å². The molecule has 1 heterocycles. The molecule has 0 amide bonds. The van der Waals surface area contributed by atoms with Gasteiger partial charge in [-0.3, -0.25) is 14.2 Å². The van der Waals surface area contributed by atoms with E-state index in [4.69, 9.17) is 9.84 Å². The maximum Gasteiger partial charge on any atom is 0.331 e. The van der Waals surface area contributed by atoms with Crippen LogP contribution in [0.1, 0.15) is 0 Å². The highest BCUT2D eigenvalue weighted by Gasteiger charge is 2.13. The average molecular weight is 264 g/mol. The lowest BCUT2D eigenvalue weighted by atomic mass is 10.2. The predicted molar refractivity (Wildman–Crippen MR) is 67.6 cm³/mol. The Hall–Kier alpha value is -2.57. The molecule has 2 aromatic rings. The molecule has 1 aromatic heterocycles. The minimum atomic E-state index is -1.25. The van der Waals surface area contributed by atoms with Gasteiger partial charge in [0.05, 0.1) is 18.0 Å². The molecule has 2 rings (SSSR count). The van der Waals surface area contributed by atoms with Crippen LogP contribution in [0.3, 0.4) is 0 Å². The van der Waals surface area contributed by atoms with E-state index in [0.717, 1.165) is 0 Å². The molecule has 0 aliphatic heterocycles. The normalized spacial score (nSPS) is 10.6. The van der Waals surface area contributed by atoms with Gasteiger partial charge in [-0.1, -0.05) is 0 Å². The van der Waals surface area contributed by atoms with Gasteiger partial charge in [-0.15, -0.1) is 0 Å². The molecule has 1 aromatic carbocycles. The minimum absolute atomic E-state index is 0.239. The third-order valence-electron chi connectivity index (χ3n) is 2.85. The molecule has 0 aliphatic rings. The van der Waals surface area contributed by atoms with Crippen LogP contribution in [0.25, 0.3) is 10.9 Å². The topological polar surface area (TPSA) is 90.5 Å². The second-order valence-electron chi connectivity index (χ2n) is 4.01. The lowest BCUT2D eigenvalue weighted by Gasteiger charge is -2.10. The van der Waals surface area contributed by atoms with E-state index >= 15 is 0 Å². The van der Waals surface area contributed by atoms with Crippen molar-refractivity contribution in [3.05, 3.63) is 39.0 Å². The van der Waals surface area contributed by atoms with Gasteiger partial charge in [0, 0.05) is 7.05 Å². The van der Waals surface area contributed by atoms with Gasteiger partial charge in [-0.25, -0.2) is 9.36 Å². The number of aliphatic carboxylic acids is 1. The summed E-state index contributed by atoms with van der Waals surface area (Å²) in [6.45, 7) is -0.668. The zero-order valence-electron chi connectivity index (χ0n) is 10.4. The summed E-state index contributed by atoms with van der Waals surface area (Å²) >= 11 is 0. The molecular formula is C12H12N2O5. The summed E-state index contributed by atoms with van der Waals surface area (Å²) in [4.78, 5) is 34.8. The number of carboxylic acid groups (broad SMARTS) is 1. The van der Waals surface area contributed by atoms with Crippen molar-refractivity contribution in [1.82, 2.24) is 9.13 Å². The Kier molecular flexibility index (Phi) is 3.12. The number of fused-ring (bicyclic) bond motifs is 1. The van der Waals surface area contributed by atoms with Gasteiger partial charge in [0.25, 0.3) is 5.56 Å². The maximum atomic E-state index is 12.1. The highest BCUT2D eigenvalue weighted by Crippen LogP contribution is 2.16. The third kappa shape index (κ3) is 2.10. The van der Waals surface area contributed by atoms with Crippen LogP contribution in [-0.4, -0.2) is 27.3 Å². The molecule has 0 saturated heterocycles. The number of methoxy groups -OCH3 is 1. The van der Waals surface area contributed by atoms with Gasteiger partial charge in [-0.2, -0.15) is 0 Å². The number of aromatic nitrogens is 2. The average Bonchev–Trinajstić information content (AvgIpc) is 2.40. The van der Waals surface area contributed by atoms with Crippen molar-refractivity contribution in [3.63, 3.8) is 0 Å². The number of ether oxygens (including phenoxy) is 1. The summed E-state index contributed by atoms with van der Waals surface area (Å²) < 4.78 is 6.94. The van der Waals surface area contributed by atoms with Crippen LogP contribution in [0.2, 0.25) is 0 Å². The number of carbonyl (C=O) groups is 1. The number of benzene rings is 1. The van der Waals surface area contributed by atoms with Gasteiger partial charge in [0.2, 0.25) is 0 Å². The van der Waals surface area contributed by atoms with Crippen LogP contribution < -0.4 is 16.0 Å². The molecule has 100 valence electrons. The Morgan fingerprint density at radius 2 is 2.05 bits per heavy atom. The predicted octanol–water partition coefficient (Wildman–Crippen LogP) is -0.207. The van der Waals surface area contributed by atoms with Crippen molar-refractivity contribution in [1.29, 1.82) is 0 Å². The smallest absolute Gasteiger partial charge is 0.331 e. The molecule has 0 radical (unpaired) electrons. The number of carboxylic acids is 1. The van der Waals surface area contributed by atoms with Crippen LogP contribution in [0.4, 0.5) is 0 Å². The summed E-state index contributed by atoms with van der Waals surface area (Å²) in [6.07, 6.45) is 0. The molecule has 7 nitrogen and oxygen atoms in total. The molecule has 0 aliphatic carbocycles. The monoisotopic (exact) mass is 264 g/mol. The van der Waals surface area contributed by atoms with E-state index in [2.05, 4.69) is 0 Å². The Bertz CT molecular complexity index is 772. The van der Waals surface area contributed by atoms with E-state index in [-0.39, 0.29) is 5.39 Å². The number of nitrogens with zero attached hydrogens (tertiary/aromatic N) is 2. The van der Waals surface area contributed by atoms with Crippen molar-refractivity contribution in [2.24, 2.45) is 7.05 Å². The summed E-state index contributed by atoms with van der Waals surface area (Å²) in [5.41, 5.74) is -0.873. The van der Waals surface area contributed by atoms with Gasteiger partial charge in [-0.05, 0) is 18.2 Å². The molecule has 0 spiro atoms. The first-order valence-corrected chi connectivity index (χ1v) is 5.45. The number of hydrogen-bond donors (Lipinski definition) is 1. The largest absolute Gasteiger partial charge is 0.497 e. The van der Waals surface area contributed by atoms with Gasteiger partial charge in [0.1, 0.15) is 12.3 Å². The van der Waals surface area contributed by atoms with Crippen molar-refractivity contribution in [2.75, 3.05) is 7.11 Å². The fraction of sp³-hybridized carbons (Fsp3) is 0.250. The molecule has 0 bridgehead atoms. The molecule has 19 heavy (non-hydrogen) atoms. The fourth-order valence-electron chi connectivity index (χ4n) is 1.90. The van der Waals surface area contributed by atoms with E-state index in [9.17, 15) is 14.4 Å². The minimum Gasteiger partial charge on any atom is -0.497 e. The Morgan fingerprint density at radius 3 is 2.63 bits per heavy atom. The maximum absolute atomic E-state index is 12.1. The molecule has 0 unspecified atom stereocenters. The standard InChI is InChI=1S/C12H12N2O5/c1-13-9-4-3-7(19-2)5-8(9)11(17)14(12(13)18)6-10(15)16/h3-5H,6H2,1-2H3,(H,15,16). The SMILES string of the molecule is COc1ccc2c(c1)c(=O)n(CC(=O)O)c(=O)n2C. The first-order valence-electron chi connectivity index (χ1n) is 5.45. The van der Waals surface area contributed by atoms with Crippen molar-refractivity contribution < 1.29 is 14.6 Å². The first kappa shape index (κ1) is 12.9. The second-order valence-corrected chi connectivity index (χ2v) is 4.01. The highest BCUT2D eigenvalue weighted by atomic mass is 16.5. The van der Waals surface area contributed by atoms with Crippen LogP contribution in [0.5, 0.6) is 5.75 Å². The lowest BCUT2D eigenvalue weighted by molar-refractivity contribution is -0.137. The molecular weight excluding hydrogens is 252 g/mol. The lowest BCUT2D eigenvalue weighted by Crippen LogP contribution is -2.40. The Balaban J connectivity index is 2.89.